The van der Waals surface area contributed by atoms with Gasteiger partial charge in [-0.2, -0.15) is 0 Å². The predicted octanol–water partition coefficient (Wildman–Crippen LogP) is 1.03. The molecule has 0 saturated heterocycles. The maximum atomic E-state index is 11.3. The summed E-state index contributed by atoms with van der Waals surface area (Å²) in [5.41, 5.74) is 6.99. The van der Waals surface area contributed by atoms with Crippen molar-refractivity contribution in [1.29, 1.82) is 0 Å². The number of nitrogens with zero attached hydrogens (tertiary/aromatic N) is 5. The van der Waals surface area contributed by atoms with Crippen LogP contribution in [-0.4, -0.2) is 36.5 Å². The van der Waals surface area contributed by atoms with Crippen LogP contribution in [0.1, 0.15) is 11.6 Å². The van der Waals surface area contributed by atoms with Crippen molar-refractivity contribution in [2.75, 3.05) is 18.1 Å². The van der Waals surface area contributed by atoms with Crippen LogP contribution in [0.5, 0.6) is 0 Å². The second-order valence-corrected chi connectivity index (χ2v) is 5.11. The molecule has 0 aromatic carbocycles. The number of aromatic nitrogens is 6. The highest BCUT2D eigenvalue weighted by atomic mass is 35.5. The fourth-order valence-corrected chi connectivity index (χ4v) is 2.28. The van der Waals surface area contributed by atoms with E-state index in [0.29, 0.717) is 39.5 Å². The number of aromatic amines is 1. The summed E-state index contributed by atoms with van der Waals surface area (Å²) in [5, 5.41) is 3.17. The van der Waals surface area contributed by atoms with Crippen LogP contribution in [0.15, 0.2) is 11.1 Å². The van der Waals surface area contributed by atoms with Gasteiger partial charge in [0.25, 0.3) is 5.56 Å². The van der Waals surface area contributed by atoms with E-state index in [1.54, 1.807) is 38.8 Å². The number of H-pyrrole nitrogens is 1. The van der Waals surface area contributed by atoms with Gasteiger partial charge in [-0.1, -0.05) is 11.6 Å². The topological polar surface area (TPSA) is 127 Å². The van der Waals surface area contributed by atoms with E-state index >= 15 is 0 Å². The van der Waals surface area contributed by atoms with Crippen molar-refractivity contribution in [3.05, 3.63) is 33.5 Å². The molecule has 10 heteroatoms. The number of anilines is 2. The van der Waals surface area contributed by atoms with E-state index in [0.717, 1.165) is 0 Å². The summed E-state index contributed by atoms with van der Waals surface area (Å²) in [6.45, 7) is 3.47. The first kappa shape index (κ1) is 16.7. The third kappa shape index (κ3) is 3.57. The fourth-order valence-electron chi connectivity index (χ4n) is 1.96. The van der Waals surface area contributed by atoms with E-state index in [1.807, 2.05) is 0 Å². The number of hydrogen-bond acceptors (Lipinski definition) is 7. The average molecular weight is 337 g/mol. The van der Waals surface area contributed by atoms with Crippen LogP contribution >= 0.6 is 11.6 Å². The van der Waals surface area contributed by atoms with Crippen molar-refractivity contribution < 1.29 is 0 Å². The minimum absolute atomic E-state index is 0.141. The second-order valence-electron chi connectivity index (χ2n) is 4.75. The summed E-state index contributed by atoms with van der Waals surface area (Å²) in [4.78, 5) is 29.8. The van der Waals surface area contributed by atoms with E-state index in [9.17, 15) is 4.79 Å². The Labute approximate surface area is 137 Å². The van der Waals surface area contributed by atoms with Crippen molar-refractivity contribution in [2.45, 2.75) is 13.8 Å². The molecule has 0 radical (unpaired) electrons. The van der Waals surface area contributed by atoms with Crippen molar-refractivity contribution >= 4 is 34.3 Å². The molecule has 23 heavy (non-hydrogen) atoms. The molecule has 0 fully saturated rings. The molecule has 0 aliphatic heterocycles. The van der Waals surface area contributed by atoms with Crippen molar-refractivity contribution in [3.8, 4) is 0 Å². The Morgan fingerprint density at radius 1 is 1.30 bits per heavy atom. The molecule has 4 N–H and O–H groups in total. The largest absolute Gasteiger partial charge is 0.383 e. The number of hydrogen-bond donors (Lipinski definition) is 3. The standard InChI is InChI=1S/C7H8N4O.C6H9ClN4/c1-4-9-6-5(7(12)10-4)11(2)3-8-6;1-3-10-5(7)4(9-2)6(8)11-3/h3H,1-2H3,(H,9,10,12);9H,1-2H3,(H2,8,10,11). The minimum Gasteiger partial charge on any atom is -0.383 e. The molecule has 9 nitrogen and oxygen atoms in total. The molecule has 3 aromatic rings. The molecule has 122 valence electrons. The number of aryl methyl sites for hydroxylation is 3. The molecule has 0 unspecified atom stereocenters. The Bertz CT molecular complexity index is 878. The van der Waals surface area contributed by atoms with E-state index in [4.69, 9.17) is 17.3 Å². The lowest BCUT2D eigenvalue weighted by Gasteiger charge is -2.05. The lowest BCUT2D eigenvalue weighted by molar-refractivity contribution is 0.934. The molecule has 0 saturated carbocycles. The van der Waals surface area contributed by atoms with Crippen molar-refractivity contribution in [2.24, 2.45) is 7.05 Å². The van der Waals surface area contributed by atoms with E-state index < -0.39 is 0 Å². The first-order chi connectivity index (χ1) is 10.8. The van der Waals surface area contributed by atoms with Gasteiger partial charge >= 0.3 is 0 Å². The molecule has 3 rings (SSSR count). The summed E-state index contributed by atoms with van der Waals surface area (Å²) < 4.78 is 1.65. The average Bonchev–Trinajstić information content (AvgIpc) is 2.80. The first-order valence-electron chi connectivity index (χ1n) is 6.68. The van der Waals surface area contributed by atoms with Crippen LogP contribution in [0, 0.1) is 13.8 Å². The van der Waals surface area contributed by atoms with Gasteiger partial charge in [-0.25, -0.2) is 19.9 Å². The summed E-state index contributed by atoms with van der Waals surface area (Å²) >= 11 is 5.74. The predicted molar refractivity (Wildman–Crippen MR) is 89.6 cm³/mol. The number of halogens is 1. The fraction of sp³-hybridized carbons (Fsp3) is 0.308. The van der Waals surface area contributed by atoms with Crippen LogP contribution in [0.2, 0.25) is 5.15 Å². The van der Waals surface area contributed by atoms with Crippen LogP contribution in [0.25, 0.3) is 11.2 Å². The van der Waals surface area contributed by atoms with E-state index in [1.165, 1.54) is 0 Å². The maximum Gasteiger partial charge on any atom is 0.277 e. The number of rotatable bonds is 1. The Hall–Kier alpha value is -2.68. The number of nitrogens with one attached hydrogen (secondary N) is 2. The maximum absolute atomic E-state index is 11.3. The third-order valence-electron chi connectivity index (χ3n) is 2.96. The third-order valence-corrected chi connectivity index (χ3v) is 3.23. The zero-order valence-corrected chi connectivity index (χ0v) is 13.9. The highest BCUT2D eigenvalue weighted by Crippen LogP contribution is 2.23. The first-order valence-corrected chi connectivity index (χ1v) is 7.06. The lowest BCUT2D eigenvalue weighted by Crippen LogP contribution is -2.11. The van der Waals surface area contributed by atoms with Gasteiger partial charge < -0.3 is 20.6 Å². The number of fused-ring (bicyclic) bond motifs is 1. The molecule has 0 aliphatic carbocycles. The number of imidazole rings is 1. The Morgan fingerprint density at radius 2 is 2.00 bits per heavy atom. The lowest BCUT2D eigenvalue weighted by atomic mass is 10.4. The molecule has 0 bridgehead atoms. The second kappa shape index (κ2) is 6.61. The van der Waals surface area contributed by atoms with Gasteiger partial charge in [0.05, 0.1) is 6.33 Å². The summed E-state index contributed by atoms with van der Waals surface area (Å²) in [7, 11) is 3.48. The van der Waals surface area contributed by atoms with Gasteiger partial charge in [0.2, 0.25) is 0 Å². The Morgan fingerprint density at radius 3 is 2.61 bits per heavy atom. The van der Waals surface area contributed by atoms with Crippen molar-refractivity contribution in [3.63, 3.8) is 0 Å². The molecule has 0 aliphatic rings. The Balaban J connectivity index is 0.000000168. The zero-order chi connectivity index (χ0) is 17.1. The van der Waals surface area contributed by atoms with Crippen LogP contribution in [0.3, 0.4) is 0 Å². The molecule has 0 atom stereocenters. The molecule has 0 amide bonds. The zero-order valence-electron chi connectivity index (χ0n) is 13.2. The normalized spacial score (nSPS) is 10.3. The monoisotopic (exact) mass is 336 g/mol. The molecule has 3 heterocycles. The minimum atomic E-state index is -0.141. The summed E-state index contributed by atoms with van der Waals surface area (Å²) in [5.74, 6) is 1.54. The van der Waals surface area contributed by atoms with Gasteiger partial charge in [0, 0.05) is 14.1 Å². The molecular weight excluding hydrogens is 320 g/mol. The van der Waals surface area contributed by atoms with Gasteiger partial charge in [0.1, 0.15) is 17.3 Å². The van der Waals surface area contributed by atoms with Gasteiger partial charge in [-0.05, 0) is 13.8 Å². The molecule has 3 aromatic heterocycles. The smallest absolute Gasteiger partial charge is 0.277 e. The van der Waals surface area contributed by atoms with Crippen LogP contribution in [-0.2, 0) is 7.05 Å². The highest BCUT2D eigenvalue weighted by molar-refractivity contribution is 6.32. The van der Waals surface area contributed by atoms with E-state index in [-0.39, 0.29) is 5.56 Å². The van der Waals surface area contributed by atoms with Crippen LogP contribution in [0.4, 0.5) is 11.5 Å². The van der Waals surface area contributed by atoms with Gasteiger partial charge in [-0.3, -0.25) is 4.79 Å². The quantitative estimate of drug-likeness (QED) is 0.566. The Kier molecular flexibility index (Phi) is 4.80. The molecular formula is C13H17ClN8O. The van der Waals surface area contributed by atoms with E-state index in [2.05, 4.69) is 30.2 Å². The van der Waals surface area contributed by atoms with Gasteiger partial charge in [0.15, 0.2) is 22.1 Å². The SMILES string of the molecule is CNc1c(N)nc(C)nc1Cl.Cc1nc2ncn(C)c2c(=O)[nH]1. The molecule has 0 spiro atoms. The summed E-state index contributed by atoms with van der Waals surface area (Å²) in [6.07, 6.45) is 1.58. The summed E-state index contributed by atoms with van der Waals surface area (Å²) in [6, 6.07) is 0. The highest BCUT2D eigenvalue weighted by Gasteiger charge is 2.06. The van der Waals surface area contributed by atoms with Crippen LogP contribution < -0.4 is 16.6 Å². The number of nitrogen functional groups attached to an aromatic ring is 1. The van der Waals surface area contributed by atoms with Gasteiger partial charge in [-0.15, -0.1) is 0 Å². The number of nitrogens with two attached hydrogens (primary N) is 1. The van der Waals surface area contributed by atoms with Crippen molar-refractivity contribution in [1.82, 2.24) is 29.5 Å².